The number of isocyanates is 1. The summed E-state index contributed by atoms with van der Waals surface area (Å²) in [5.74, 6) is 0.805. The minimum Gasteiger partial charge on any atom is -0.488 e. The Morgan fingerprint density at radius 2 is 2.47 bits per heavy atom. The highest BCUT2D eigenvalue weighted by molar-refractivity contribution is 5.35. The molecule has 1 atom stereocenters. The molecule has 0 radical (unpaired) electrons. The molecule has 4 heteroatoms. The standard InChI is InChI=1S/C13H15NO3/c15-10-14-8-11-3-1-4-12(7-11)17-13-5-2-6-16-9-13/h1,3-4,7,13H,2,5-6,8-9H2. The first-order valence-corrected chi connectivity index (χ1v) is 5.75. The number of ether oxygens (including phenoxy) is 2. The van der Waals surface area contributed by atoms with Gasteiger partial charge in [0, 0.05) is 6.61 Å². The summed E-state index contributed by atoms with van der Waals surface area (Å²) in [5.41, 5.74) is 0.947. The van der Waals surface area contributed by atoms with Gasteiger partial charge < -0.3 is 9.47 Å². The molecule has 0 aliphatic carbocycles. The third kappa shape index (κ3) is 3.70. The largest absolute Gasteiger partial charge is 0.488 e. The first kappa shape index (κ1) is 11.8. The molecular weight excluding hydrogens is 218 g/mol. The van der Waals surface area contributed by atoms with Crippen LogP contribution in [0.2, 0.25) is 0 Å². The number of rotatable bonds is 4. The number of hydrogen-bond acceptors (Lipinski definition) is 4. The van der Waals surface area contributed by atoms with Gasteiger partial charge in [0.05, 0.1) is 13.2 Å². The Hall–Kier alpha value is -1.64. The molecule has 1 unspecified atom stereocenters. The van der Waals surface area contributed by atoms with Crippen molar-refractivity contribution in [3.63, 3.8) is 0 Å². The van der Waals surface area contributed by atoms with Gasteiger partial charge in [-0.25, -0.2) is 9.79 Å². The van der Waals surface area contributed by atoms with Crippen molar-refractivity contribution < 1.29 is 14.3 Å². The smallest absolute Gasteiger partial charge is 0.235 e. The molecule has 0 aromatic heterocycles. The number of nitrogens with zero attached hydrogens (tertiary/aromatic N) is 1. The van der Waals surface area contributed by atoms with Crippen LogP contribution >= 0.6 is 0 Å². The third-order valence-electron chi connectivity index (χ3n) is 2.65. The van der Waals surface area contributed by atoms with Crippen molar-refractivity contribution in [3.05, 3.63) is 29.8 Å². The van der Waals surface area contributed by atoms with E-state index in [4.69, 9.17) is 9.47 Å². The number of benzene rings is 1. The first-order valence-electron chi connectivity index (χ1n) is 5.75. The van der Waals surface area contributed by atoms with Gasteiger partial charge in [-0.1, -0.05) is 12.1 Å². The summed E-state index contributed by atoms with van der Waals surface area (Å²) < 4.78 is 11.2. The molecule has 1 aliphatic rings. The Morgan fingerprint density at radius 3 is 3.24 bits per heavy atom. The van der Waals surface area contributed by atoms with Crippen LogP contribution in [0, 0.1) is 0 Å². The van der Waals surface area contributed by atoms with E-state index in [0.29, 0.717) is 13.2 Å². The van der Waals surface area contributed by atoms with Gasteiger partial charge in [0.25, 0.3) is 0 Å². The van der Waals surface area contributed by atoms with Gasteiger partial charge in [-0.15, -0.1) is 0 Å². The van der Waals surface area contributed by atoms with E-state index in [1.807, 2.05) is 24.3 Å². The van der Waals surface area contributed by atoms with Gasteiger partial charge in [0.1, 0.15) is 11.9 Å². The Labute approximate surface area is 100 Å². The second-order valence-electron chi connectivity index (χ2n) is 4.01. The Bertz CT molecular complexity index is 407. The second-order valence-corrected chi connectivity index (χ2v) is 4.01. The SMILES string of the molecule is O=C=NCc1cccc(OC2CCCOC2)c1. The molecule has 0 spiro atoms. The molecule has 0 amide bonds. The Balaban J connectivity index is 1.97. The lowest BCUT2D eigenvalue weighted by Crippen LogP contribution is -2.27. The highest BCUT2D eigenvalue weighted by Gasteiger charge is 2.15. The summed E-state index contributed by atoms with van der Waals surface area (Å²) in [4.78, 5) is 13.6. The maximum Gasteiger partial charge on any atom is 0.235 e. The first-order chi connectivity index (χ1) is 8.38. The fourth-order valence-corrected chi connectivity index (χ4v) is 1.84. The minimum absolute atomic E-state index is 0.133. The van der Waals surface area contributed by atoms with Crippen molar-refractivity contribution in [2.24, 2.45) is 4.99 Å². The molecule has 4 nitrogen and oxygen atoms in total. The molecule has 17 heavy (non-hydrogen) atoms. The van der Waals surface area contributed by atoms with E-state index in [2.05, 4.69) is 4.99 Å². The van der Waals surface area contributed by atoms with Gasteiger partial charge in [0.2, 0.25) is 6.08 Å². The average Bonchev–Trinajstić information content (AvgIpc) is 2.38. The molecular formula is C13H15NO3. The zero-order valence-corrected chi connectivity index (χ0v) is 9.59. The van der Waals surface area contributed by atoms with Crippen molar-refractivity contribution >= 4 is 6.08 Å². The van der Waals surface area contributed by atoms with Crippen LogP contribution in [0.5, 0.6) is 5.75 Å². The normalized spacial score (nSPS) is 19.4. The predicted molar refractivity (Wildman–Crippen MR) is 62.7 cm³/mol. The monoisotopic (exact) mass is 233 g/mol. The van der Waals surface area contributed by atoms with E-state index >= 15 is 0 Å². The van der Waals surface area contributed by atoms with E-state index in [-0.39, 0.29) is 6.10 Å². The predicted octanol–water partition coefficient (Wildman–Crippen LogP) is 2.08. The van der Waals surface area contributed by atoms with Crippen LogP contribution in [0.4, 0.5) is 0 Å². The van der Waals surface area contributed by atoms with Gasteiger partial charge in [-0.2, -0.15) is 0 Å². The van der Waals surface area contributed by atoms with E-state index in [1.54, 1.807) is 0 Å². The number of hydrogen-bond donors (Lipinski definition) is 0. The van der Waals surface area contributed by atoms with Crippen molar-refractivity contribution in [2.75, 3.05) is 13.2 Å². The van der Waals surface area contributed by atoms with Crippen LogP contribution in [0.15, 0.2) is 29.3 Å². The molecule has 0 N–H and O–H groups in total. The lowest BCUT2D eigenvalue weighted by Gasteiger charge is -2.23. The molecule has 1 aromatic rings. The fraction of sp³-hybridized carbons (Fsp3) is 0.462. The molecule has 1 aliphatic heterocycles. The lowest BCUT2D eigenvalue weighted by molar-refractivity contribution is 0.00740. The van der Waals surface area contributed by atoms with E-state index in [9.17, 15) is 4.79 Å². The van der Waals surface area contributed by atoms with Crippen molar-refractivity contribution in [2.45, 2.75) is 25.5 Å². The van der Waals surface area contributed by atoms with Crippen LogP contribution in [-0.4, -0.2) is 25.4 Å². The van der Waals surface area contributed by atoms with E-state index < -0.39 is 0 Å². The zero-order valence-electron chi connectivity index (χ0n) is 9.59. The molecule has 0 bridgehead atoms. The zero-order chi connectivity index (χ0) is 11.9. The summed E-state index contributed by atoms with van der Waals surface area (Å²) in [6.45, 7) is 1.83. The van der Waals surface area contributed by atoms with Gasteiger partial charge in [0.15, 0.2) is 0 Å². The third-order valence-corrected chi connectivity index (χ3v) is 2.65. The molecule has 1 heterocycles. The summed E-state index contributed by atoms with van der Waals surface area (Å²) in [6.07, 6.45) is 3.73. The second kappa shape index (κ2) is 6.18. The molecule has 2 rings (SSSR count). The summed E-state index contributed by atoms with van der Waals surface area (Å²) >= 11 is 0. The maximum absolute atomic E-state index is 10.0. The minimum atomic E-state index is 0.133. The quantitative estimate of drug-likeness (QED) is 0.591. The van der Waals surface area contributed by atoms with Gasteiger partial charge >= 0.3 is 0 Å². The maximum atomic E-state index is 10.0. The van der Waals surface area contributed by atoms with Crippen LogP contribution in [-0.2, 0) is 16.1 Å². The molecule has 1 fully saturated rings. The van der Waals surface area contributed by atoms with Gasteiger partial charge in [-0.3, -0.25) is 0 Å². The lowest BCUT2D eigenvalue weighted by atomic mass is 10.1. The highest BCUT2D eigenvalue weighted by Crippen LogP contribution is 2.19. The van der Waals surface area contributed by atoms with Crippen molar-refractivity contribution in [1.29, 1.82) is 0 Å². The van der Waals surface area contributed by atoms with Gasteiger partial charge in [-0.05, 0) is 30.5 Å². The Morgan fingerprint density at radius 1 is 1.53 bits per heavy atom. The molecule has 1 aromatic carbocycles. The summed E-state index contributed by atoms with van der Waals surface area (Å²) in [7, 11) is 0. The Kier molecular flexibility index (Phi) is 4.30. The molecule has 0 saturated carbocycles. The number of carbonyl (C=O) groups excluding carboxylic acids is 1. The fourth-order valence-electron chi connectivity index (χ4n) is 1.84. The van der Waals surface area contributed by atoms with Crippen molar-refractivity contribution in [1.82, 2.24) is 0 Å². The van der Waals surface area contributed by atoms with Crippen LogP contribution in [0.1, 0.15) is 18.4 Å². The van der Waals surface area contributed by atoms with Crippen LogP contribution in [0.3, 0.4) is 0 Å². The van der Waals surface area contributed by atoms with Crippen LogP contribution in [0.25, 0.3) is 0 Å². The van der Waals surface area contributed by atoms with Crippen LogP contribution < -0.4 is 4.74 Å². The van der Waals surface area contributed by atoms with E-state index in [0.717, 1.165) is 30.8 Å². The average molecular weight is 233 g/mol. The number of aliphatic imine (C=N–C) groups is 1. The van der Waals surface area contributed by atoms with Crippen molar-refractivity contribution in [3.8, 4) is 5.75 Å². The summed E-state index contributed by atoms with van der Waals surface area (Å²) in [5, 5.41) is 0. The summed E-state index contributed by atoms with van der Waals surface area (Å²) in [6, 6.07) is 7.61. The molecule has 90 valence electrons. The highest BCUT2D eigenvalue weighted by atomic mass is 16.5. The topological polar surface area (TPSA) is 47.9 Å². The molecule has 1 saturated heterocycles. The van der Waals surface area contributed by atoms with E-state index in [1.165, 1.54) is 6.08 Å².